The van der Waals surface area contributed by atoms with Crippen LogP contribution in [-0.4, -0.2) is 23.9 Å². The summed E-state index contributed by atoms with van der Waals surface area (Å²) in [5.74, 6) is -0.0897. The number of carbonyl (C=O) groups excluding carboxylic acids is 1. The van der Waals surface area contributed by atoms with E-state index in [4.69, 9.17) is 10.2 Å². The first-order valence-electron chi connectivity index (χ1n) is 5.04. The molecule has 0 bridgehead atoms. The summed E-state index contributed by atoms with van der Waals surface area (Å²) in [6.45, 7) is 4.25. The Morgan fingerprint density at radius 2 is 2.27 bits per heavy atom. The maximum atomic E-state index is 11.8. The van der Waals surface area contributed by atoms with E-state index < -0.39 is 0 Å². The van der Waals surface area contributed by atoms with Crippen molar-refractivity contribution in [2.24, 2.45) is 11.7 Å². The summed E-state index contributed by atoms with van der Waals surface area (Å²) in [6, 6.07) is 1.73. The molecular weight excluding hydrogens is 192 g/mol. The standard InChI is InChI=1S/C11H18N2O2/c1-8(9(2)12)11(14)13(3)6-10-4-5-15-7-10/h4-5,7-9H,6,12H2,1-3H3. The van der Waals surface area contributed by atoms with Crippen LogP contribution in [0, 0.1) is 5.92 Å². The number of nitrogens with zero attached hydrogens (tertiary/aromatic N) is 1. The number of rotatable bonds is 4. The van der Waals surface area contributed by atoms with E-state index in [-0.39, 0.29) is 17.9 Å². The number of furan rings is 1. The van der Waals surface area contributed by atoms with Crippen LogP contribution in [0.3, 0.4) is 0 Å². The monoisotopic (exact) mass is 210 g/mol. The van der Waals surface area contributed by atoms with E-state index >= 15 is 0 Å². The second kappa shape index (κ2) is 4.98. The second-order valence-electron chi connectivity index (χ2n) is 3.97. The van der Waals surface area contributed by atoms with Gasteiger partial charge >= 0.3 is 0 Å². The van der Waals surface area contributed by atoms with Crippen LogP contribution in [0.5, 0.6) is 0 Å². The molecule has 4 nitrogen and oxygen atoms in total. The van der Waals surface area contributed by atoms with E-state index in [1.165, 1.54) is 0 Å². The third-order valence-corrected chi connectivity index (χ3v) is 2.55. The van der Waals surface area contributed by atoms with Crippen LogP contribution in [0.1, 0.15) is 19.4 Å². The minimum Gasteiger partial charge on any atom is -0.472 e. The van der Waals surface area contributed by atoms with Crippen molar-refractivity contribution in [1.29, 1.82) is 0 Å². The molecule has 0 aliphatic rings. The lowest BCUT2D eigenvalue weighted by Gasteiger charge is -2.22. The number of carbonyl (C=O) groups is 1. The summed E-state index contributed by atoms with van der Waals surface area (Å²) in [5, 5.41) is 0. The van der Waals surface area contributed by atoms with Gasteiger partial charge in [0.05, 0.1) is 18.4 Å². The zero-order valence-corrected chi connectivity index (χ0v) is 9.43. The summed E-state index contributed by atoms with van der Waals surface area (Å²) < 4.78 is 4.94. The van der Waals surface area contributed by atoms with Crippen molar-refractivity contribution in [2.75, 3.05) is 7.05 Å². The number of hydrogen-bond acceptors (Lipinski definition) is 3. The number of amides is 1. The normalized spacial score (nSPS) is 14.7. The van der Waals surface area contributed by atoms with E-state index in [0.29, 0.717) is 6.54 Å². The lowest BCUT2D eigenvalue weighted by Crippen LogP contribution is -2.39. The predicted octanol–water partition coefficient (Wildman–Crippen LogP) is 1.22. The van der Waals surface area contributed by atoms with Crippen LogP contribution in [0.25, 0.3) is 0 Å². The van der Waals surface area contributed by atoms with E-state index in [1.54, 1.807) is 24.5 Å². The fourth-order valence-electron chi connectivity index (χ4n) is 1.31. The maximum absolute atomic E-state index is 11.8. The molecule has 0 saturated heterocycles. The van der Waals surface area contributed by atoms with Gasteiger partial charge in [0.2, 0.25) is 5.91 Å². The number of nitrogens with two attached hydrogens (primary N) is 1. The molecule has 2 N–H and O–H groups in total. The molecule has 1 heterocycles. The van der Waals surface area contributed by atoms with Crippen molar-refractivity contribution in [2.45, 2.75) is 26.4 Å². The van der Waals surface area contributed by atoms with Gasteiger partial charge in [-0.25, -0.2) is 0 Å². The topological polar surface area (TPSA) is 59.5 Å². The summed E-state index contributed by atoms with van der Waals surface area (Å²) >= 11 is 0. The fourth-order valence-corrected chi connectivity index (χ4v) is 1.31. The SMILES string of the molecule is CC(N)C(C)C(=O)N(C)Cc1ccoc1. The van der Waals surface area contributed by atoms with Gasteiger partial charge in [-0.1, -0.05) is 6.92 Å². The van der Waals surface area contributed by atoms with Gasteiger partial charge in [0.15, 0.2) is 0 Å². The quantitative estimate of drug-likeness (QED) is 0.813. The average Bonchev–Trinajstić information content (AvgIpc) is 2.67. The summed E-state index contributed by atoms with van der Waals surface area (Å²) in [7, 11) is 1.77. The van der Waals surface area contributed by atoms with Crippen molar-refractivity contribution >= 4 is 5.91 Å². The van der Waals surface area contributed by atoms with Gasteiger partial charge in [-0.3, -0.25) is 4.79 Å². The van der Waals surface area contributed by atoms with Gasteiger partial charge in [0.1, 0.15) is 0 Å². The Morgan fingerprint density at radius 3 is 2.73 bits per heavy atom. The van der Waals surface area contributed by atoms with Crippen molar-refractivity contribution in [1.82, 2.24) is 4.90 Å². The van der Waals surface area contributed by atoms with Crippen molar-refractivity contribution in [3.05, 3.63) is 24.2 Å². The molecule has 1 rings (SSSR count). The van der Waals surface area contributed by atoms with Crippen LogP contribution in [0.15, 0.2) is 23.0 Å². The lowest BCUT2D eigenvalue weighted by atomic mass is 10.0. The lowest BCUT2D eigenvalue weighted by molar-refractivity contribution is -0.134. The Labute approximate surface area is 90.0 Å². The van der Waals surface area contributed by atoms with E-state index in [2.05, 4.69) is 0 Å². The van der Waals surface area contributed by atoms with Crippen molar-refractivity contribution < 1.29 is 9.21 Å². The third kappa shape index (κ3) is 3.09. The molecule has 0 aliphatic heterocycles. The van der Waals surface area contributed by atoms with Crippen molar-refractivity contribution in [3.8, 4) is 0 Å². The summed E-state index contributed by atoms with van der Waals surface area (Å²) in [5.41, 5.74) is 6.67. The van der Waals surface area contributed by atoms with Crippen LogP contribution < -0.4 is 5.73 Å². The molecule has 0 radical (unpaired) electrons. The molecule has 0 aliphatic carbocycles. The van der Waals surface area contributed by atoms with Gasteiger partial charge in [0, 0.05) is 25.2 Å². The highest BCUT2D eigenvalue weighted by Gasteiger charge is 2.20. The Bertz CT molecular complexity index is 306. The molecule has 2 unspecified atom stereocenters. The second-order valence-corrected chi connectivity index (χ2v) is 3.97. The van der Waals surface area contributed by atoms with Gasteiger partial charge < -0.3 is 15.1 Å². The highest BCUT2D eigenvalue weighted by atomic mass is 16.3. The molecule has 4 heteroatoms. The first-order valence-corrected chi connectivity index (χ1v) is 5.04. The summed E-state index contributed by atoms with van der Waals surface area (Å²) in [6.07, 6.45) is 3.24. The van der Waals surface area contributed by atoms with Crippen LogP contribution in [0.4, 0.5) is 0 Å². The zero-order chi connectivity index (χ0) is 11.4. The first-order chi connectivity index (χ1) is 7.02. The average molecular weight is 210 g/mol. The maximum Gasteiger partial charge on any atom is 0.226 e. The molecule has 1 amide bonds. The molecule has 84 valence electrons. The minimum atomic E-state index is -0.151. The van der Waals surface area contributed by atoms with Gasteiger partial charge in [-0.2, -0.15) is 0 Å². The van der Waals surface area contributed by atoms with Gasteiger partial charge in [0.25, 0.3) is 0 Å². The highest BCUT2D eigenvalue weighted by Crippen LogP contribution is 2.09. The Balaban J connectivity index is 2.54. The van der Waals surface area contributed by atoms with E-state index in [1.807, 2.05) is 19.9 Å². The van der Waals surface area contributed by atoms with Crippen molar-refractivity contribution in [3.63, 3.8) is 0 Å². The number of hydrogen-bond donors (Lipinski definition) is 1. The predicted molar refractivity (Wildman–Crippen MR) is 58.0 cm³/mol. The molecule has 1 aromatic rings. The van der Waals surface area contributed by atoms with E-state index in [9.17, 15) is 4.79 Å². The molecule has 2 atom stereocenters. The minimum absolute atomic E-state index is 0.0613. The van der Waals surface area contributed by atoms with Crippen LogP contribution in [-0.2, 0) is 11.3 Å². The molecule has 0 spiro atoms. The molecule has 0 saturated carbocycles. The first kappa shape index (κ1) is 11.8. The Morgan fingerprint density at radius 1 is 1.60 bits per heavy atom. The smallest absolute Gasteiger partial charge is 0.226 e. The van der Waals surface area contributed by atoms with E-state index in [0.717, 1.165) is 5.56 Å². The zero-order valence-electron chi connectivity index (χ0n) is 9.43. The Hall–Kier alpha value is -1.29. The third-order valence-electron chi connectivity index (χ3n) is 2.55. The van der Waals surface area contributed by atoms with Crippen LogP contribution in [0.2, 0.25) is 0 Å². The van der Waals surface area contributed by atoms with Gasteiger partial charge in [-0.15, -0.1) is 0 Å². The fraction of sp³-hybridized carbons (Fsp3) is 0.545. The summed E-state index contributed by atoms with van der Waals surface area (Å²) in [4.78, 5) is 13.5. The van der Waals surface area contributed by atoms with Crippen LogP contribution >= 0.6 is 0 Å². The largest absolute Gasteiger partial charge is 0.472 e. The molecule has 1 aromatic heterocycles. The van der Waals surface area contributed by atoms with Gasteiger partial charge in [-0.05, 0) is 13.0 Å². The highest BCUT2D eigenvalue weighted by molar-refractivity contribution is 5.78. The Kier molecular flexibility index (Phi) is 3.91. The molecule has 0 aromatic carbocycles. The molecular formula is C11H18N2O2. The molecule has 0 fully saturated rings. The molecule has 15 heavy (non-hydrogen) atoms.